The zero-order valence-corrected chi connectivity index (χ0v) is 6.06. The topological polar surface area (TPSA) is 38.7 Å². The highest BCUT2D eigenvalue weighted by Crippen LogP contribution is 1.99. The fourth-order valence-electron chi connectivity index (χ4n) is 0.721. The van der Waals surface area contributed by atoms with Gasteiger partial charge in [-0.05, 0) is 5.56 Å². The summed E-state index contributed by atoms with van der Waals surface area (Å²) in [6.07, 6.45) is 0. The third-order valence-corrected chi connectivity index (χ3v) is 1.20. The highest BCUT2D eigenvalue weighted by atomic mass is 17.2. The van der Waals surface area contributed by atoms with E-state index in [4.69, 9.17) is 5.11 Å². The van der Waals surface area contributed by atoms with Gasteiger partial charge in [-0.2, -0.15) is 0 Å². The van der Waals surface area contributed by atoms with Gasteiger partial charge in [-0.25, -0.2) is 9.78 Å². The molecule has 1 N–H and O–H groups in total. The smallest absolute Gasteiger partial charge is 0.178 e. The lowest BCUT2D eigenvalue weighted by molar-refractivity contribution is -0.336. The van der Waals surface area contributed by atoms with Crippen LogP contribution in [-0.4, -0.2) is 11.9 Å². The molecule has 0 atom stereocenters. The largest absolute Gasteiger partial charge is 0.368 e. The molecule has 0 aliphatic heterocycles. The lowest BCUT2D eigenvalue weighted by atomic mass is 10.2. The summed E-state index contributed by atoms with van der Waals surface area (Å²) in [4.78, 5) is 8.91. The van der Waals surface area contributed by atoms with Gasteiger partial charge in [0, 0.05) is 0 Å². The van der Waals surface area contributed by atoms with E-state index in [-0.39, 0.29) is 0 Å². The van der Waals surface area contributed by atoms with Crippen LogP contribution < -0.4 is 0 Å². The van der Waals surface area contributed by atoms with Gasteiger partial charge in [0.05, 0.1) is 0 Å². The zero-order chi connectivity index (χ0) is 7.94. The van der Waals surface area contributed by atoms with Crippen molar-refractivity contribution in [2.75, 3.05) is 6.79 Å². The Morgan fingerprint density at radius 1 is 1.09 bits per heavy atom. The van der Waals surface area contributed by atoms with E-state index in [9.17, 15) is 0 Å². The Morgan fingerprint density at radius 3 is 2.45 bits per heavy atom. The standard InChI is InChI=1S/C8H10O3/c9-7-11-10-6-8-4-2-1-3-5-8/h1-5,9H,6-7H2. The zero-order valence-electron chi connectivity index (χ0n) is 6.06. The molecule has 1 rings (SSSR count). The molecule has 1 aromatic rings. The molecule has 3 heteroatoms. The Bertz CT molecular complexity index is 186. The Hall–Kier alpha value is -0.900. The first-order valence-corrected chi connectivity index (χ1v) is 3.32. The van der Waals surface area contributed by atoms with Gasteiger partial charge < -0.3 is 5.11 Å². The Labute approximate surface area is 65.1 Å². The van der Waals surface area contributed by atoms with Crippen molar-refractivity contribution < 1.29 is 14.9 Å². The molecule has 0 radical (unpaired) electrons. The lowest BCUT2D eigenvalue weighted by Gasteiger charge is -1.99. The molecule has 0 aliphatic rings. The maximum Gasteiger partial charge on any atom is 0.178 e. The van der Waals surface area contributed by atoms with E-state index in [1.807, 2.05) is 30.3 Å². The van der Waals surface area contributed by atoms with Crippen molar-refractivity contribution in [2.24, 2.45) is 0 Å². The van der Waals surface area contributed by atoms with Crippen molar-refractivity contribution in [1.82, 2.24) is 0 Å². The second kappa shape index (κ2) is 4.85. The maximum atomic E-state index is 8.20. The average molecular weight is 154 g/mol. The Kier molecular flexibility index (Phi) is 3.61. The van der Waals surface area contributed by atoms with E-state index in [1.165, 1.54) is 0 Å². The normalized spacial score (nSPS) is 9.91. The molecule has 0 aliphatic carbocycles. The first-order chi connectivity index (χ1) is 5.43. The number of rotatable bonds is 4. The summed E-state index contributed by atoms with van der Waals surface area (Å²) in [6.45, 7) is -0.0474. The van der Waals surface area contributed by atoms with E-state index in [1.54, 1.807) is 0 Å². The summed E-state index contributed by atoms with van der Waals surface area (Å²) in [6, 6.07) is 9.59. The second-order valence-corrected chi connectivity index (χ2v) is 1.99. The molecule has 0 fully saturated rings. The summed E-state index contributed by atoms with van der Waals surface area (Å²) in [5.41, 5.74) is 1.01. The molecule has 0 bridgehead atoms. The average Bonchev–Trinajstić information content (AvgIpc) is 2.07. The van der Waals surface area contributed by atoms with Crippen molar-refractivity contribution >= 4 is 0 Å². The number of aliphatic hydroxyl groups excluding tert-OH is 1. The van der Waals surface area contributed by atoms with Crippen LogP contribution in [0.5, 0.6) is 0 Å². The number of hydrogen-bond acceptors (Lipinski definition) is 3. The lowest BCUT2D eigenvalue weighted by Crippen LogP contribution is -1.95. The summed E-state index contributed by atoms with van der Waals surface area (Å²) >= 11 is 0. The van der Waals surface area contributed by atoms with Crippen LogP contribution in [0.1, 0.15) is 5.56 Å². The molecule has 0 unspecified atom stereocenters. The van der Waals surface area contributed by atoms with Crippen molar-refractivity contribution in [3.05, 3.63) is 35.9 Å². The monoisotopic (exact) mass is 154 g/mol. The molecular weight excluding hydrogens is 144 g/mol. The van der Waals surface area contributed by atoms with E-state index in [0.717, 1.165) is 5.56 Å². The van der Waals surface area contributed by atoms with Gasteiger partial charge >= 0.3 is 0 Å². The summed E-state index contributed by atoms with van der Waals surface area (Å²) in [5, 5.41) is 8.20. The predicted molar refractivity (Wildman–Crippen MR) is 39.4 cm³/mol. The Balaban J connectivity index is 2.28. The molecule has 0 saturated carbocycles. The van der Waals surface area contributed by atoms with Crippen molar-refractivity contribution in [3.8, 4) is 0 Å². The van der Waals surface area contributed by atoms with Crippen LogP contribution in [-0.2, 0) is 16.4 Å². The van der Waals surface area contributed by atoms with Crippen LogP contribution >= 0.6 is 0 Å². The third-order valence-electron chi connectivity index (χ3n) is 1.20. The van der Waals surface area contributed by atoms with Gasteiger partial charge in [0.15, 0.2) is 6.79 Å². The quantitative estimate of drug-likeness (QED) is 0.305. The summed E-state index contributed by atoms with van der Waals surface area (Å²) < 4.78 is 0. The van der Waals surface area contributed by atoms with Crippen molar-refractivity contribution in [1.29, 1.82) is 0 Å². The van der Waals surface area contributed by atoms with Gasteiger partial charge in [0.25, 0.3) is 0 Å². The predicted octanol–water partition coefficient (Wildman–Crippen LogP) is 1.08. The fraction of sp³-hybridized carbons (Fsp3) is 0.250. The molecule has 0 heterocycles. The van der Waals surface area contributed by atoms with E-state index >= 15 is 0 Å². The Morgan fingerprint density at radius 2 is 1.82 bits per heavy atom. The molecule has 0 saturated heterocycles. The van der Waals surface area contributed by atoms with Crippen LogP contribution in [0.2, 0.25) is 0 Å². The highest BCUT2D eigenvalue weighted by Gasteiger charge is 1.89. The molecule has 3 nitrogen and oxygen atoms in total. The molecule has 0 aromatic heterocycles. The number of benzene rings is 1. The van der Waals surface area contributed by atoms with Gasteiger partial charge in [-0.15, -0.1) is 0 Å². The summed E-state index contributed by atoms with van der Waals surface area (Å²) in [7, 11) is 0. The highest BCUT2D eigenvalue weighted by molar-refractivity contribution is 5.13. The molecule has 0 amide bonds. The molecule has 60 valence electrons. The van der Waals surface area contributed by atoms with Gasteiger partial charge in [-0.3, -0.25) is 0 Å². The molecule has 0 spiro atoms. The van der Waals surface area contributed by atoms with E-state index in [2.05, 4.69) is 9.78 Å². The van der Waals surface area contributed by atoms with Gasteiger partial charge in [-0.1, -0.05) is 30.3 Å². The van der Waals surface area contributed by atoms with Crippen LogP contribution in [0.15, 0.2) is 30.3 Å². The first kappa shape index (κ1) is 8.20. The molecule has 1 aromatic carbocycles. The first-order valence-electron chi connectivity index (χ1n) is 3.32. The van der Waals surface area contributed by atoms with Crippen molar-refractivity contribution in [2.45, 2.75) is 6.61 Å². The van der Waals surface area contributed by atoms with Crippen LogP contribution in [0.25, 0.3) is 0 Å². The number of aliphatic hydroxyl groups is 1. The summed E-state index contributed by atoms with van der Waals surface area (Å²) in [5.74, 6) is 0. The SMILES string of the molecule is OCOOCc1ccccc1. The molecular formula is C8H10O3. The van der Waals surface area contributed by atoms with E-state index in [0.29, 0.717) is 6.61 Å². The van der Waals surface area contributed by atoms with Crippen LogP contribution in [0.3, 0.4) is 0 Å². The third kappa shape index (κ3) is 3.13. The minimum Gasteiger partial charge on any atom is -0.368 e. The number of hydrogen-bond donors (Lipinski definition) is 1. The van der Waals surface area contributed by atoms with Crippen molar-refractivity contribution in [3.63, 3.8) is 0 Å². The van der Waals surface area contributed by atoms with E-state index < -0.39 is 6.79 Å². The molecule has 11 heavy (non-hydrogen) atoms. The maximum absolute atomic E-state index is 8.20. The minimum atomic E-state index is -0.410. The van der Waals surface area contributed by atoms with Crippen LogP contribution in [0.4, 0.5) is 0 Å². The van der Waals surface area contributed by atoms with Gasteiger partial charge in [0.1, 0.15) is 6.61 Å². The fourth-order valence-corrected chi connectivity index (χ4v) is 0.721. The van der Waals surface area contributed by atoms with Crippen LogP contribution in [0, 0.1) is 0 Å². The van der Waals surface area contributed by atoms with Gasteiger partial charge in [0.2, 0.25) is 0 Å². The second-order valence-electron chi connectivity index (χ2n) is 1.99. The minimum absolute atomic E-state index is 0.362.